The van der Waals surface area contributed by atoms with Crippen molar-refractivity contribution in [3.05, 3.63) is 47.3 Å². The van der Waals surface area contributed by atoms with Crippen LogP contribution in [0.1, 0.15) is 28.7 Å². The minimum absolute atomic E-state index is 0.315. The third-order valence-electron chi connectivity index (χ3n) is 4.11. The average Bonchev–Trinajstić information content (AvgIpc) is 2.87. The number of aryl methyl sites for hydroxylation is 1. The predicted molar refractivity (Wildman–Crippen MR) is 99.3 cm³/mol. The van der Waals surface area contributed by atoms with E-state index in [1.165, 1.54) is 0 Å². The maximum atomic E-state index is 12.2. The fraction of sp³-hybridized carbons (Fsp3) is 0.368. The van der Waals surface area contributed by atoms with Gasteiger partial charge in [0.1, 0.15) is 0 Å². The van der Waals surface area contributed by atoms with Crippen molar-refractivity contribution in [1.29, 1.82) is 0 Å². The van der Waals surface area contributed by atoms with Crippen molar-refractivity contribution < 1.29 is 14.3 Å². The molecule has 134 valence electrons. The summed E-state index contributed by atoms with van der Waals surface area (Å²) in [5.74, 6) is -0.846. The third-order valence-corrected chi connectivity index (χ3v) is 4.11. The Morgan fingerprint density at radius 1 is 1.16 bits per heavy atom. The van der Waals surface area contributed by atoms with Crippen molar-refractivity contribution in [3.63, 3.8) is 0 Å². The SMILES string of the molecule is CCn1c(C)cc(C(=O)OCC(=O)Nc2ccc(N(C)C)cc2)c1C. The zero-order valence-electron chi connectivity index (χ0n) is 15.4. The van der Waals surface area contributed by atoms with E-state index in [1.54, 1.807) is 6.07 Å². The van der Waals surface area contributed by atoms with Crippen molar-refractivity contribution in [2.75, 3.05) is 30.9 Å². The molecular weight excluding hydrogens is 318 g/mol. The molecule has 0 atom stereocenters. The summed E-state index contributed by atoms with van der Waals surface area (Å²) in [6.07, 6.45) is 0. The van der Waals surface area contributed by atoms with Crippen LogP contribution in [0.25, 0.3) is 0 Å². The van der Waals surface area contributed by atoms with Crippen molar-refractivity contribution in [1.82, 2.24) is 4.57 Å². The molecule has 0 spiro atoms. The van der Waals surface area contributed by atoms with Crippen LogP contribution < -0.4 is 10.2 Å². The molecular formula is C19H25N3O3. The molecule has 0 aliphatic rings. The maximum absolute atomic E-state index is 12.2. The first-order chi connectivity index (χ1) is 11.8. The topological polar surface area (TPSA) is 63.6 Å². The lowest BCUT2D eigenvalue weighted by Crippen LogP contribution is -2.21. The Kier molecular flexibility index (Phi) is 5.85. The molecule has 0 unspecified atom stereocenters. The fourth-order valence-corrected chi connectivity index (χ4v) is 2.74. The Balaban J connectivity index is 1.92. The van der Waals surface area contributed by atoms with Crippen molar-refractivity contribution >= 4 is 23.3 Å². The number of anilines is 2. The molecule has 25 heavy (non-hydrogen) atoms. The van der Waals surface area contributed by atoms with Crippen LogP contribution in [-0.2, 0) is 16.1 Å². The monoisotopic (exact) mass is 343 g/mol. The highest BCUT2D eigenvalue weighted by Gasteiger charge is 2.17. The molecule has 0 aliphatic carbocycles. The van der Waals surface area contributed by atoms with Crippen LogP contribution in [0.2, 0.25) is 0 Å². The van der Waals surface area contributed by atoms with Gasteiger partial charge in [-0.05, 0) is 51.1 Å². The second kappa shape index (κ2) is 7.88. The van der Waals surface area contributed by atoms with Gasteiger partial charge in [0.05, 0.1) is 5.56 Å². The Bertz CT molecular complexity index is 761. The summed E-state index contributed by atoms with van der Waals surface area (Å²) in [4.78, 5) is 26.2. The van der Waals surface area contributed by atoms with Crippen LogP contribution in [0, 0.1) is 13.8 Å². The highest BCUT2D eigenvalue weighted by Crippen LogP contribution is 2.17. The highest BCUT2D eigenvalue weighted by atomic mass is 16.5. The zero-order chi connectivity index (χ0) is 18.6. The normalized spacial score (nSPS) is 10.4. The number of rotatable bonds is 6. The number of amides is 1. The van der Waals surface area contributed by atoms with Crippen LogP contribution in [-0.4, -0.2) is 37.1 Å². The van der Waals surface area contributed by atoms with Crippen LogP contribution >= 0.6 is 0 Å². The van der Waals surface area contributed by atoms with E-state index in [0.717, 1.165) is 23.6 Å². The average molecular weight is 343 g/mol. The summed E-state index contributed by atoms with van der Waals surface area (Å²) >= 11 is 0. The minimum atomic E-state index is -0.481. The predicted octanol–water partition coefficient (Wildman–Crippen LogP) is 2.99. The number of nitrogens with one attached hydrogen (secondary N) is 1. The van der Waals surface area contributed by atoms with Crippen molar-refractivity contribution in [2.45, 2.75) is 27.3 Å². The summed E-state index contributed by atoms with van der Waals surface area (Å²) in [5, 5.41) is 2.72. The van der Waals surface area contributed by atoms with E-state index in [1.807, 2.05) is 68.6 Å². The number of carbonyl (C=O) groups is 2. The van der Waals surface area contributed by atoms with Gasteiger partial charge in [-0.25, -0.2) is 4.79 Å². The van der Waals surface area contributed by atoms with Crippen LogP contribution in [0.3, 0.4) is 0 Å². The second-order valence-electron chi connectivity index (χ2n) is 6.09. The molecule has 0 saturated heterocycles. The maximum Gasteiger partial charge on any atom is 0.340 e. The number of aromatic nitrogens is 1. The van der Waals surface area contributed by atoms with Gasteiger partial charge in [0.15, 0.2) is 6.61 Å². The van der Waals surface area contributed by atoms with Gasteiger partial charge >= 0.3 is 5.97 Å². The smallest absolute Gasteiger partial charge is 0.340 e. The number of esters is 1. The fourth-order valence-electron chi connectivity index (χ4n) is 2.74. The van der Waals surface area contributed by atoms with Gasteiger partial charge in [-0.15, -0.1) is 0 Å². The molecule has 6 nitrogen and oxygen atoms in total. The number of nitrogens with zero attached hydrogens (tertiary/aromatic N) is 2. The molecule has 0 radical (unpaired) electrons. The summed E-state index contributed by atoms with van der Waals surface area (Å²) < 4.78 is 7.18. The first kappa shape index (κ1) is 18.6. The third kappa shape index (κ3) is 4.41. The summed E-state index contributed by atoms with van der Waals surface area (Å²) in [6.45, 7) is 6.30. The van der Waals surface area contributed by atoms with E-state index in [0.29, 0.717) is 11.3 Å². The van der Waals surface area contributed by atoms with Gasteiger partial charge in [0, 0.05) is 43.4 Å². The summed E-state index contributed by atoms with van der Waals surface area (Å²) in [6, 6.07) is 9.22. The quantitative estimate of drug-likeness (QED) is 0.819. The molecule has 6 heteroatoms. The lowest BCUT2D eigenvalue weighted by atomic mass is 10.2. The second-order valence-corrected chi connectivity index (χ2v) is 6.09. The van der Waals surface area contributed by atoms with Crippen molar-refractivity contribution in [3.8, 4) is 0 Å². The first-order valence-electron chi connectivity index (χ1n) is 8.24. The highest BCUT2D eigenvalue weighted by molar-refractivity contribution is 5.96. The Morgan fingerprint density at radius 2 is 1.80 bits per heavy atom. The van der Waals surface area contributed by atoms with Gasteiger partial charge < -0.3 is 19.5 Å². The molecule has 1 amide bonds. The number of carbonyl (C=O) groups excluding carboxylic acids is 2. The standard InChI is InChI=1S/C19H25N3O3/c1-6-22-13(2)11-17(14(22)3)19(24)25-12-18(23)20-15-7-9-16(10-8-15)21(4)5/h7-11H,6,12H2,1-5H3,(H,20,23). The number of hydrogen-bond acceptors (Lipinski definition) is 4. The van der Waals surface area contributed by atoms with Crippen molar-refractivity contribution in [2.24, 2.45) is 0 Å². The van der Waals surface area contributed by atoms with Crippen LogP contribution in [0.15, 0.2) is 30.3 Å². The van der Waals surface area contributed by atoms with E-state index >= 15 is 0 Å². The van der Waals surface area contributed by atoms with E-state index in [-0.39, 0.29) is 12.5 Å². The van der Waals surface area contributed by atoms with E-state index in [2.05, 4.69) is 5.32 Å². The van der Waals surface area contributed by atoms with E-state index in [9.17, 15) is 9.59 Å². The molecule has 1 aromatic carbocycles. The van der Waals surface area contributed by atoms with Gasteiger partial charge in [-0.3, -0.25) is 4.79 Å². The van der Waals surface area contributed by atoms with Crippen LogP contribution in [0.4, 0.5) is 11.4 Å². The summed E-state index contributed by atoms with van der Waals surface area (Å²) in [5.41, 5.74) is 4.05. The van der Waals surface area contributed by atoms with E-state index < -0.39 is 5.97 Å². The number of hydrogen-bond donors (Lipinski definition) is 1. The number of benzene rings is 1. The molecule has 1 heterocycles. The largest absolute Gasteiger partial charge is 0.452 e. The minimum Gasteiger partial charge on any atom is -0.452 e. The lowest BCUT2D eigenvalue weighted by Gasteiger charge is -2.13. The Morgan fingerprint density at radius 3 is 2.32 bits per heavy atom. The molecule has 0 fully saturated rings. The molecule has 1 aromatic heterocycles. The molecule has 0 bridgehead atoms. The Hall–Kier alpha value is -2.76. The summed E-state index contributed by atoms with van der Waals surface area (Å²) in [7, 11) is 3.89. The molecule has 0 aliphatic heterocycles. The first-order valence-corrected chi connectivity index (χ1v) is 8.24. The Labute approximate surface area is 148 Å². The van der Waals surface area contributed by atoms with Gasteiger partial charge in [0.25, 0.3) is 5.91 Å². The van der Waals surface area contributed by atoms with Gasteiger partial charge in [0.2, 0.25) is 0 Å². The van der Waals surface area contributed by atoms with Gasteiger partial charge in [-0.1, -0.05) is 0 Å². The van der Waals surface area contributed by atoms with Gasteiger partial charge in [-0.2, -0.15) is 0 Å². The molecule has 0 saturated carbocycles. The molecule has 2 rings (SSSR count). The number of ether oxygens (including phenoxy) is 1. The molecule has 1 N–H and O–H groups in total. The van der Waals surface area contributed by atoms with Crippen LogP contribution in [0.5, 0.6) is 0 Å². The molecule has 2 aromatic rings. The van der Waals surface area contributed by atoms with E-state index in [4.69, 9.17) is 4.74 Å². The lowest BCUT2D eigenvalue weighted by molar-refractivity contribution is -0.119. The zero-order valence-corrected chi connectivity index (χ0v) is 15.4.